The molecule has 7 heteroatoms. The minimum absolute atomic E-state index is 0.0840. The van der Waals surface area contributed by atoms with Crippen molar-refractivity contribution in [3.63, 3.8) is 0 Å². The van der Waals surface area contributed by atoms with Gasteiger partial charge in [0.25, 0.3) is 10.0 Å². The van der Waals surface area contributed by atoms with E-state index in [-0.39, 0.29) is 15.6 Å². The molecule has 2 aromatic carbocycles. The van der Waals surface area contributed by atoms with Gasteiger partial charge in [-0.3, -0.25) is 4.72 Å². The maximum absolute atomic E-state index is 12.8. The van der Waals surface area contributed by atoms with Gasteiger partial charge >= 0.3 is 0 Å². The summed E-state index contributed by atoms with van der Waals surface area (Å²) in [6.07, 6.45) is 0. The van der Waals surface area contributed by atoms with Crippen LogP contribution in [0.5, 0.6) is 0 Å². The zero-order chi connectivity index (χ0) is 14.8. The number of anilines is 1. The van der Waals surface area contributed by atoms with Crippen molar-refractivity contribution in [2.24, 2.45) is 0 Å². The van der Waals surface area contributed by atoms with E-state index in [0.717, 1.165) is 24.3 Å². The van der Waals surface area contributed by atoms with Gasteiger partial charge in [0.2, 0.25) is 0 Å². The van der Waals surface area contributed by atoms with Crippen molar-refractivity contribution in [2.45, 2.75) is 4.90 Å². The first kappa shape index (κ1) is 14.3. The molecule has 2 aromatic rings. The van der Waals surface area contributed by atoms with Gasteiger partial charge in [0, 0.05) is 0 Å². The number of halogens is 2. The average molecular weight is 311 g/mol. The largest absolute Gasteiger partial charge is 0.278 e. The fourth-order valence-corrected chi connectivity index (χ4v) is 2.85. The molecular formula is C13H8ClFN2O2S. The van der Waals surface area contributed by atoms with Crippen LogP contribution in [0.25, 0.3) is 0 Å². The monoisotopic (exact) mass is 310 g/mol. The SMILES string of the molecule is N#Cc1ccc(NS(=O)(=O)c2ccc(F)cc2)c(Cl)c1. The van der Waals surface area contributed by atoms with Gasteiger partial charge in [-0.05, 0) is 42.5 Å². The van der Waals surface area contributed by atoms with E-state index < -0.39 is 15.8 Å². The van der Waals surface area contributed by atoms with Crippen LogP contribution < -0.4 is 4.72 Å². The summed E-state index contributed by atoms with van der Waals surface area (Å²) in [7, 11) is -3.86. The molecule has 0 saturated heterocycles. The van der Waals surface area contributed by atoms with Gasteiger partial charge in [0.15, 0.2) is 0 Å². The Hall–Kier alpha value is -2.10. The van der Waals surface area contributed by atoms with E-state index in [4.69, 9.17) is 16.9 Å². The maximum Gasteiger partial charge on any atom is 0.261 e. The first-order chi connectivity index (χ1) is 9.42. The number of nitrogens with one attached hydrogen (secondary N) is 1. The van der Waals surface area contributed by atoms with E-state index in [2.05, 4.69) is 4.72 Å². The van der Waals surface area contributed by atoms with Crippen molar-refractivity contribution < 1.29 is 12.8 Å². The molecular weight excluding hydrogens is 303 g/mol. The molecule has 0 atom stereocenters. The molecule has 0 fully saturated rings. The highest BCUT2D eigenvalue weighted by Crippen LogP contribution is 2.25. The molecule has 2 rings (SSSR count). The highest BCUT2D eigenvalue weighted by Gasteiger charge is 2.15. The third kappa shape index (κ3) is 3.07. The smallest absolute Gasteiger partial charge is 0.261 e. The van der Waals surface area contributed by atoms with Gasteiger partial charge in [-0.2, -0.15) is 5.26 Å². The molecule has 4 nitrogen and oxygen atoms in total. The van der Waals surface area contributed by atoms with Crippen LogP contribution in [0.4, 0.5) is 10.1 Å². The van der Waals surface area contributed by atoms with Gasteiger partial charge in [0.05, 0.1) is 27.2 Å². The highest BCUT2D eigenvalue weighted by molar-refractivity contribution is 7.92. The van der Waals surface area contributed by atoms with Gasteiger partial charge in [-0.15, -0.1) is 0 Å². The summed E-state index contributed by atoms with van der Waals surface area (Å²) in [6, 6.07) is 10.5. The van der Waals surface area contributed by atoms with Crippen molar-refractivity contribution in [3.8, 4) is 6.07 Å². The standard InChI is InChI=1S/C13H8ClFN2O2S/c14-12-7-9(8-16)1-6-13(12)17-20(18,19)11-4-2-10(15)3-5-11/h1-7,17H. The number of sulfonamides is 1. The third-order valence-electron chi connectivity index (χ3n) is 2.47. The third-order valence-corrected chi connectivity index (χ3v) is 4.16. The Bertz CT molecular complexity index is 783. The lowest BCUT2D eigenvalue weighted by Gasteiger charge is -2.09. The fourth-order valence-electron chi connectivity index (χ4n) is 1.48. The lowest BCUT2D eigenvalue weighted by molar-refractivity contribution is 0.599. The van der Waals surface area contributed by atoms with Crippen LogP contribution in [0.15, 0.2) is 47.4 Å². The van der Waals surface area contributed by atoms with E-state index in [1.807, 2.05) is 6.07 Å². The zero-order valence-corrected chi connectivity index (χ0v) is 11.5. The van der Waals surface area contributed by atoms with Crippen molar-refractivity contribution >= 4 is 27.3 Å². The Labute approximate surface area is 120 Å². The second-order valence-electron chi connectivity index (χ2n) is 3.87. The van der Waals surface area contributed by atoms with Crippen LogP contribution in [0.1, 0.15) is 5.56 Å². The molecule has 102 valence electrons. The Kier molecular flexibility index (Phi) is 3.93. The molecule has 0 aliphatic carbocycles. The number of nitriles is 1. The zero-order valence-electron chi connectivity index (χ0n) is 9.97. The predicted octanol–water partition coefficient (Wildman–Crippen LogP) is 3.15. The van der Waals surface area contributed by atoms with Gasteiger partial charge in [0.1, 0.15) is 5.82 Å². The molecule has 0 saturated carbocycles. The van der Waals surface area contributed by atoms with Crippen molar-refractivity contribution in [2.75, 3.05) is 4.72 Å². The summed E-state index contributed by atoms with van der Waals surface area (Å²) < 4.78 is 39.2. The van der Waals surface area contributed by atoms with E-state index in [0.29, 0.717) is 5.56 Å². The number of benzene rings is 2. The van der Waals surface area contributed by atoms with Crippen molar-refractivity contribution in [1.29, 1.82) is 5.26 Å². The summed E-state index contributed by atoms with van der Waals surface area (Å²) >= 11 is 5.89. The van der Waals surface area contributed by atoms with Gasteiger partial charge in [-0.1, -0.05) is 11.6 Å². The highest BCUT2D eigenvalue weighted by atomic mass is 35.5. The van der Waals surface area contributed by atoms with Crippen molar-refractivity contribution in [3.05, 3.63) is 58.9 Å². The molecule has 0 radical (unpaired) electrons. The Morgan fingerprint density at radius 1 is 1.15 bits per heavy atom. The summed E-state index contributed by atoms with van der Waals surface area (Å²) in [5.41, 5.74) is 0.467. The molecule has 0 unspecified atom stereocenters. The Morgan fingerprint density at radius 3 is 2.35 bits per heavy atom. The molecule has 0 spiro atoms. The molecule has 0 aliphatic heterocycles. The number of hydrogen-bond acceptors (Lipinski definition) is 3. The molecule has 0 bridgehead atoms. The maximum atomic E-state index is 12.8. The lowest BCUT2D eigenvalue weighted by Crippen LogP contribution is -2.13. The van der Waals surface area contributed by atoms with Gasteiger partial charge in [-0.25, -0.2) is 12.8 Å². The van der Waals surface area contributed by atoms with Gasteiger partial charge < -0.3 is 0 Å². The van der Waals surface area contributed by atoms with E-state index in [1.54, 1.807) is 0 Å². The summed E-state index contributed by atoms with van der Waals surface area (Å²) in [4.78, 5) is -0.0840. The van der Waals surface area contributed by atoms with E-state index in [9.17, 15) is 12.8 Å². The number of hydrogen-bond donors (Lipinski definition) is 1. The average Bonchev–Trinajstić information content (AvgIpc) is 2.41. The molecule has 0 amide bonds. The van der Waals surface area contributed by atoms with Crippen molar-refractivity contribution in [1.82, 2.24) is 0 Å². The van der Waals surface area contributed by atoms with Crippen LogP contribution in [-0.2, 0) is 10.0 Å². The molecule has 1 N–H and O–H groups in total. The summed E-state index contributed by atoms with van der Waals surface area (Å²) in [6.45, 7) is 0. The second kappa shape index (κ2) is 5.49. The molecule has 20 heavy (non-hydrogen) atoms. The minimum Gasteiger partial charge on any atom is -0.278 e. The molecule has 0 aliphatic rings. The molecule has 0 aromatic heterocycles. The number of rotatable bonds is 3. The van der Waals surface area contributed by atoms with E-state index >= 15 is 0 Å². The van der Waals surface area contributed by atoms with Crippen LogP contribution in [0.2, 0.25) is 5.02 Å². The first-order valence-electron chi connectivity index (χ1n) is 5.40. The van der Waals surface area contributed by atoms with E-state index in [1.165, 1.54) is 18.2 Å². The molecule has 0 heterocycles. The topological polar surface area (TPSA) is 70.0 Å². The Balaban J connectivity index is 2.34. The second-order valence-corrected chi connectivity index (χ2v) is 5.96. The van der Waals surface area contributed by atoms with Crippen LogP contribution in [0.3, 0.4) is 0 Å². The summed E-state index contributed by atoms with van der Waals surface area (Å²) in [5.74, 6) is -0.527. The lowest BCUT2D eigenvalue weighted by atomic mass is 10.2. The van der Waals surface area contributed by atoms with Crippen LogP contribution in [0, 0.1) is 17.1 Å². The fraction of sp³-hybridized carbons (Fsp3) is 0. The van der Waals surface area contributed by atoms with Crippen LogP contribution in [-0.4, -0.2) is 8.42 Å². The predicted molar refractivity (Wildman–Crippen MR) is 73.4 cm³/mol. The number of nitrogens with zero attached hydrogens (tertiary/aromatic N) is 1. The normalized spacial score (nSPS) is 10.8. The Morgan fingerprint density at radius 2 is 1.80 bits per heavy atom. The first-order valence-corrected chi connectivity index (χ1v) is 7.26. The minimum atomic E-state index is -3.86. The van der Waals surface area contributed by atoms with Crippen LogP contribution >= 0.6 is 11.6 Å². The quantitative estimate of drug-likeness (QED) is 0.946. The summed E-state index contributed by atoms with van der Waals surface area (Å²) in [5, 5.41) is 8.81.